The van der Waals surface area contributed by atoms with Gasteiger partial charge in [0, 0.05) is 6.54 Å². The predicted molar refractivity (Wildman–Crippen MR) is 77.9 cm³/mol. The second-order valence-corrected chi connectivity index (χ2v) is 4.84. The number of H-pyrrole nitrogens is 1. The van der Waals surface area contributed by atoms with Crippen LogP contribution in [0.15, 0.2) is 24.3 Å². The van der Waals surface area contributed by atoms with Gasteiger partial charge < -0.3 is 15.8 Å². The Morgan fingerprint density at radius 3 is 2.58 bits per heavy atom. The van der Waals surface area contributed by atoms with Crippen LogP contribution in [-0.2, 0) is 23.9 Å². The number of rotatable bonds is 7. The lowest BCUT2D eigenvalue weighted by atomic mass is 10.1. The zero-order valence-electron chi connectivity index (χ0n) is 12.6. The summed E-state index contributed by atoms with van der Waals surface area (Å²) in [4.78, 5) is 15.1. The second kappa shape index (κ2) is 7.77. The van der Waals surface area contributed by atoms with Gasteiger partial charge in [0.05, 0.1) is 13.0 Å². The number of nitrogens with two attached hydrogens (primary N) is 1. The first-order valence-corrected chi connectivity index (χ1v) is 7.05. The van der Waals surface area contributed by atoms with Crippen LogP contribution in [0.5, 0.6) is 5.75 Å². The zero-order valence-corrected chi connectivity index (χ0v) is 12.6. The maximum atomic E-state index is 12.3. The lowest BCUT2D eigenvalue weighted by Gasteiger charge is -2.06. The minimum Gasteiger partial charge on any atom is -0.492 e. The molecule has 1 aromatic heterocycles. The molecule has 0 aliphatic rings. The Hall–Kier alpha value is -2.62. The van der Waals surface area contributed by atoms with Gasteiger partial charge in [-0.15, -0.1) is 5.10 Å². The number of carbonyl (C=O) groups excluding carboxylic acids is 1. The number of halogens is 3. The first-order chi connectivity index (χ1) is 11.4. The number of hydrogen-bond acceptors (Lipinski definition) is 5. The van der Waals surface area contributed by atoms with Crippen molar-refractivity contribution in [1.82, 2.24) is 20.5 Å². The molecule has 10 heteroatoms. The van der Waals surface area contributed by atoms with Crippen LogP contribution >= 0.6 is 0 Å². The van der Waals surface area contributed by atoms with E-state index in [0.29, 0.717) is 18.9 Å². The predicted octanol–water partition coefficient (Wildman–Crippen LogP) is 1.02. The third-order valence-electron chi connectivity index (χ3n) is 2.91. The molecule has 4 N–H and O–H groups in total. The van der Waals surface area contributed by atoms with E-state index in [0.717, 1.165) is 5.56 Å². The summed E-state index contributed by atoms with van der Waals surface area (Å²) in [6.45, 7) is 0.637. The van der Waals surface area contributed by atoms with Gasteiger partial charge in [0.2, 0.25) is 5.91 Å². The largest absolute Gasteiger partial charge is 0.492 e. The average Bonchev–Trinajstić information content (AvgIpc) is 3.01. The van der Waals surface area contributed by atoms with E-state index in [1.54, 1.807) is 24.3 Å². The van der Waals surface area contributed by atoms with Gasteiger partial charge in [-0.2, -0.15) is 13.2 Å². The highest BCUT2D eigenvalue weighted by molar-refractivity contribution is 5.78. The maximum absolute atomic E-state index is 12.3. The summed E-state index contributed by atoms with van der Waals surface area (Å²) in [5.41, 5.74) is 6.06. The molecule has 7 nitrogen and oxygen atoms in total. The maximum Gasteiger partial charge on any atom is 0.453 e. The highest BCUT2D eigenvalue weighted by Crippen LogP contribution is 2.25. The molecule has 0 radical (unpaired) electrons. The summed E-state index contributed by atoms with van der Waals surface area (Å²) in [7, 11) is 0. The summed E-state index contributed by atoms with van der Waals surface area (Å²) < 4.78 is 42.4. The summed E-state index contributed by atoms with van der Waals surface area (Å²) in [6, 6.07) is 6.87. The molecule has 1 amide bonds. The molecule has 0 bridgehead atoms. The van der Waals surface area contributed by atoms with Gasteiger partial charge in [0.25, 0.3) is 5.82 Å². The molecule has 0 atom stereocenters. The zero-order chi connectivity index (χ0) is 17.6. The van der Waals surface area contributed by atoms with Crippen molar-refractivity contribution in [3.05, 3.63) is 41.5 Å². The Labute approximate surface area is 135 Å². The minimum atomic E-state index is -4.62. The number of amides is 1. The van der Waals surface area contributed by atoms with Gasteiger partial charge >= 0.3 is 6.18 Å². The van der Waals surface area contributed by atoms with Gasteiger partial charge in [-0.05, 0) is 17.7 Å². The van der Waals surface area contributed by atoms with Crippen LogP contribution in [0.1, 0.15) is 17.2 Å². The van der Waals surface area contributed by atoms with E-state index in [1.165, 1.54) is 0 Å². The number of alkyl halides is 3. The topological polar surface area (TPSA) is 106 Å². The SMILES string of the molecule is NCCOc1ccc(CC(=O)NCc2nc(C(F)(F)F)n[nH]2)cc1. The van der Waals surface area contributed by atoms with Gasteiger partial charge in [-0.1, -0.05) is 12.1 Å². The number of hydrogen-bond donors (Lipinski definition) is 3. The van der Waals surface area contributed by atoms with Crippen LogP contribution in [0.3, 0.4) is 0 Å². The molecule has 2 aromatic rings. The van der Waals surface area contributed by atoms with E-state index in [2.05, 4.69) is 20.5 Å². The van der Waals surface area contributed by atoms with Crippen LogP contribution in [0.25, 0.3) is 0 Å². The summed E-state index contributed by atoms with van der Waals surface area (Å²) >= 11 is 0. The molecule has 130 valence electrons. The van der Waals surface area contributed by atoms with Crippen LogP contribution in [0.4, 0.5) is 13.2 Å². The number of benzene rings is 1. The van der Waals surface area contributed by atoms with E-state index in [4.69, 9.17) is 10.5 Å². The molecule has 0 unspecified atom stereocenters. The Bertz CT molecular complexity index is 670. The highest BCUT2D eigenvalue weighted by atomic mass is 19.4. The monoisotopic (exact) mass is 343 g/mol. The molecule has 24 heavy (non-hydrogen) atoms. The lowest BCUT2D eigenvalue weighted by Crippen LogP contribution is -2.25. The quantitative estimate of drug-likeness (QED) is 0.696. The molecule has 2 rings (SSSR count). The number of aromatic amines is 1. The Kier molecular flexibility index (Phi) is 5.74. The fourth-order valence-corrected chi connectivity index (χ4v) is 1.81. The van der Waals surface area contributed by atoms with E-state index < -0.39 is 12.0 Å². The van der Waals surface area contributed by atoms with Crippen molar-refractivity contribution < 1.29 is 22.7 Å². The first kappa shape index (κ1) is 17.7. The molecular weight excluding hydrogens is 327 g/mol. The van der Waals surface area contributed by atoms with Gasteiger partial charge in [-0.25, -0.2) is 4.98 Å². The van der Waals surface area contributed by atoms with Crippen molar-refractivity contribution in [3.63, 3.8) is 0 Å². The molecule has 1 heterocycles. The molecule has 1 aromatic carbocycles. The van der Waals surface area contributed by atoms with Crippen molar-refractivity contribution in [2.45, 2.75) is 19.1 Å². The van der Waals surface area contributed by atoms with Gasteiger partial charge in [0.1, 0.15) is 18.2 Å². The highest BCUT2D eigenvalue weighted by Gasteiger charge is 2.35. The molecule has 0 saturated heterocycles. The summed E-state index contributed by atoms with van der Waals surface area (Å²) in [6.07, 6.45) is -4.54. The fraction of sp³-hybridized carbons (Fsp3) is 0.357. The van der Waals surface area contributed by atoms with Crippen LogP contribution in [0.2, 0.25) is 0 Å². The van der Waals surface area contributed by atoms with E-state index in [9.17, 15) is 18.0 Å². The molecule has 0 fully saturated rings. The van der Waals surface area contributed by atoms with Gasteiger partial charge in [-0.3, -0.25) is 9.89 Å². The van der Waals surface area contributed by atoms with Crippen molar-refractivity contribution in [1.29, 1.82) is 0 Å². The third kappa shape index (κ3) is 5.23. The van der Waals surface area contributed by atoms with Crippen molar-refractivity contribution in [2.24, 2.45) is 5.73 Å². The second-order valence-electron chi connectivity index (χ2n) is 4.84. The summed E-state index contributed by atoms with van der Waals surface area (Å²) in [5.74, 6) is -1.04. The van der Waals surface area contributed by atoms with Crippen LogP contribution in [-0.4, -0.2) is 34.2 Å². The lowest BCUT2D eigenvalue weighted by molar-refractivity contribution is -0.144. The van der Waals surface area contributed by atoms with Crippen LogP contribution < -0.4 is 15.8 Å². The van der Waals surface area contributed by atoms with Crippen LogP contribution in [0, 0.1) is 0 Å². The molecule has 0 aliphatic heterocycles. The molecule has 0 aliphatic carbocycles. The Balaban J connectivity index is 1.81. The third-order valence-corrected chi connectivity index (χ3v) is 2.91. The normalized spacial score (nSPS) is 11.3. The number of nitrogens with one attached hydrogen (secondary N) is 2. The minimum absolute atomic E-state index is 0.0683. The Morgan fingerprint density at radius 2 is 2.00 bits per heavy atom. The average molecular weight is 343 g/mol. The van der Waals surface area contributed by atoms with E-state index in [-0.39, 0.29) is 24.7 Å². The fourth-order valence-electron chi connectivity index (χ4n) is 1.81. The van der Waals surface area contributed by atoms with Gasteiger partial charge in [0.15, 0.2) is 0 Å². The Morgan fingerprint density at radius 1 is 1.29 bits per heavy atom. The number of ether oxygens (including phenoxy) is 1. The number of nitrogens with zero attached hydrogens (tertiary/aromatic N) is 2. The molecular formula is C14H16F3N5O2. The van der Waals surface area contributed by atoms with E-state index in [1.807, 2.05) is 0 Å². The van der Waals surface area contributed by atoms with E-state index >= 15 is 0 Å². The summed E-state index contributed by atoms with van der Waals surface area (Å²) in [5, 5.41) is 7.66. The van der Waals surface area contributed by atoms with Crippen molar-refractivity contribution >= 4 is 5.91 Å². The van der Waals surface area contributed by atoms with Crippen molar-refractivity contribution in [3.8, 4) is 5.75 Å². The molecule has 0 saturated carbocycles. The number of carbonyl (C=O) groups is 1. The standard InChI is InChI=1S/C14H16F3N5O2/c15-14(16,17)13-20-11(21-22-13)8-19-12(23)7-9-1-3-10(4-2-9)24-6-5-18/h1-4H,5-8,18H2,(H,19,23)(H,20,21,22). The smallest absolute Gasteiger partial charge is 0.453 e. The first-order valence-electron chi connectivity index (χ1n) is 7.05. The van der Waals surface area contributed by atoms with Crippen molar-refractivity contribution in [2.75, 3.05) is 13.2 Å². The molecule has 0 spiro atoms. The number of aromatic nitrogens is 3.